The Kier molecular flexibility index (Phi) is 4.35. The molecule has 0 aromatic heterocycles. The Bertz CT molecular complexity index is 540. The second kappa shape index (κ2) is 5.20. The molecule has 0 aliphatic rings. The fourth-order valence-corrected chi connectivity index (χ4v) is 2.84. The summed E-state index contributed by atoms with van der Waals surface area (Å²) in [5.74, 6) is 0. The Morgan fingerprint density at radius 1 is 1.53 bits per heavy atom. The quantitative estimate of drug-likeness (QED) is 0.684. The van der Waals surface area contributed by atoms with Crippen molar-refractivity contribution in [2.24, 2.45) is 0 Å². The number of sulfonamides is 1. The molecule has 0 unspecified atom stereocenters. The van der Waals surface area contributed by atoms with Crippen molar-refractivity contribution in [3.63, 3.8) is 0 Å². The first-order chi connectivity index (χ1) is 7.75. The highest BCUT2D eigenvalue weighted by Gasteiger charge is 2.21. The third-order valence-corrected chi connectivity index (χ3v) is 4.69. The van der Waals surface area contributed by atoms with Crippen molar-refractivity contribution >= 4 is 31.6 Å². The van der Waals surface area contributed by atoms with E-state index in [1.165, 1.54) is 23.5 Å². The Labute approximate surface area is 110 Å². The van der Waals surface area contributed by atoms with Crippen molar-refractivity contribution in [2.45, 2.75) is 11.8 Å². The Morgan fingerprint density at radius 2 is 2.12 bits per heavy atom. The maximum absolute atomic E-state index is 12.1. The molecule has 0 atom stereocenters. The molecular weight excluding hydrogens is 304 g/mol. The summed E-state index contributed by atoms with van der Waals surface area (Å²) in [7, 11) is -1.99. The molecule has 94 valence electrons. The summed E-state index contributed by atoms with van der Waals surface area (Å²) >= 11 is 3.23. The van der Waals surface area contributed by atoms with Crippen LogP contribution in [0.3, 0.4) is 0 Å². The standard InChI is InChI=1S/C11H15BrN2O2S/c1-8(2)7-14(3)17(15,16)9-4-5-10(12)11(13)6-9/h4-6H,1,7,13H2,2-3H3. The van der Waals surface area contributed by atoms with E-state index in [9.17, 15) is 8.42 Å². The monoisotopic (exact) mass is 318 g/mol. The van der Waals surface area contributed by atoms with Gasteiger partial charge in [-0.2, -0.15) is 4.31 Å². The van der Waals surface area contributed by atoms with Crippen molar-refractivity contribution in [3.8, 4) is 0 Å². The first-order valence-electron chi connectivity index (χ1n) is 4.91. The normalized spacial score (nSPS) is 11.8. The number of likely N-dealkylation sites (N-methyl/N-ethyl adjacent to an activating group) is 1. The molecule has 0 saturated heterocycles. The van der Waals surface area contributed by atoms with Crippen molar-refractivity contribution in [3.05, 3.63) is 34.8 Å². The molecule has 17 heavy (non-hydrogen) atoms. The van der Waals surface area contributed by atoms with Gasteiger partial charge in [0.05, 0.1) is 4.90 Å². The van der Waals surface area contributed by atoms with E-state index in [1.54, 1.807) is 13.0 Å². The van der Waals surface area contributed by atoms with Gasteiger partial charge in [-0.25, -0.2) is 8.42 Å². The van der Waals surface area contributed by atoms with Gasteiger partial charge in [0.2, 0.25) is 10.0 Å². The van der Waals surface area contributed by atoms with Gasteiger partial charge in [-0.15, -0.1) is 0 Å². The minimum absolute atomic E-state index is 0.182. The number of hydrogen-bond acceptors (Lipinski definition) is 3. The van der Waals surface area contributed by atoms with Crippen LogP contribution < -0.4 is 5.73 Å². The lowest BCUT2D eigenvalue weighted by molar-refractivity contribution is 0.493. The van der Waals surface area contributed by atoms with Gasteiger partial charge in [0.15, 0.2) is 0 Å². The lowest BCUT2D eigenvalue weighted by Gasteiger charge is -2.17. The molecule has 0 radical (unpaired) electrons. The summed E-state index contributed by atoms with van der Waals surface area (Å²) in [4.78, 5) is 0.182. The van der Waals surface area contributed by atoms with Crippen LogP contribution in [0, 0.1) is 0 Å². The summed E-state index contributed by atoms with van der Waals surface area (Å²) in [5.41, 5.74) is 6.85. The molecule has 0 spiro atoms. The van der Waals surface area contributed by atoms with E-state index in [-0.39, 0.29) is 11.4 Å². The molecule has 0 heterocycles. The zero-order valence-electron chi connectivity index (χ0n) is 9.77. The number of anilines is 1. The third kappa shape index (κ3) is 3.31. The van der Waals surface area contributed by atoms with E-state index >= 15 is 0 Å². The first kappa shape index (κ1) is 14.2. The fourth-order valence-electron chi connectivity index (χ4n) is 1.33. The highest BCUT2D eigenvalue weighted by molar-refractivity contribution is 9.10. The highest BCUT2D eigenvalue weighted by Crippen LogP contribution is 2.24. The van der Waals surface area contributed by atoms with E-state index in [1.807, 2.05) is 0 Å². The molecule has 0 aliphatic heterocycles. The number of benzene rings is 1. The van der Waals surface area contributed by atoms with Crippen LogP contribution in [0.1, 0.15) is 6.92 Å². The van der Waals surface area contributed by atoms with Crippen LogP contribution in [0.15, 0.2) is 39.7 Å². The van der Waals surface area contributed by atoms with Crippen LogP contribution >= 0.6 is 15.9 Å². The molecule has 0 fully saturated rings. The first-order valence-corrected chi connectivity index (χ1v) is 7.14. The molecular formula is C11H15BrN2O2S. The van der Waals surface area contributed by atoms with Gasteiger partial charge in [-0.1, -0.05) is 12.2 Å². The third-order valence-electron chi connectivity index (χ3n) is 2.17. The lowest BCUT2D eigenvalue weighted by Crippen LogP contribution is -2.28. The molecule has 0 bridgehead atoms. The van der Waals surface area contributed by atoms with Gasteiger partial charge in [0, 0.05) is 23.8 Å². The molecule has 1 rings (SSSR count). The number of rotatable bonds is 4. The molecule has 0 aliphatic carbocycles. The van der Waals surface area contributed by atoms with E-state index in [4.69, 9.17) is 5.73 Å². The van der Waals surface area contributed by atoms with E-state index in [0.29, 0.717) is 10.2 Å². The van der Waals surface area contributed by atoms with Crippen LogP contribution in [0.25, 0.3) is 0 Å². The summed E-state index contributed by atoms with van der Waals surface area (Å²) in [6.45, 7) is 5.77. The number of halogens is 1. The second-order valence-electron chi connectivity index (χ2n) is 3.90. The van der Waals surface area contributed by atoms with Gasteiger partial charge in [0.25, 0.3) is 0 Å². The highest BCUT2D eigenvalue weighted by atomic mass is 79.9. The van der Waals surface area contributed by atoms with E-state index in [2.05, 4.69) is 22.5 Å². The second-order valence-corrected chi connectivity index (χ2v) is 6.80. The molecule has 0 amide bonds. The van der Waals surface area contributed by atoms with Crippen molar-refractivity contribution in [2.75, 3.05) is 19.3 Å². The summed E-state index contributed by atoms with van der Waals surface area (Å²) in [6.07, 6.45) is 0. The topological polar surface area (TPSA) is 63.4 Å². The van der Waals surface area contributed by atoms with Crippen LogP contribution in [0.4, 0.5) is 5.69 Å². The summed E-state index contributed by atoms with van der Waals surface area (Å²) in [5, 5.41) is 0. The Hall–Kier alpha value is -0.850. The minimum Gasteiger partial charge on any atom is -0.398 e. The number of hydrogen-bond donors (Lipinski definition) is 1. The predicted octanol–water partition coefficient (Wildman–Crippen LogP) is 2.23. The molecule has 1 aromatic rings. The molecule has 4 nitrogen and oxygen atoms in total. The lowest BCUT2D eigenvalue weighted by atomic mass is 10.3. The van der Waals surface area contributed by atoms with Gasteiger partial charge in [0.1, 0.15) is 0 Å². The molecule has 2 N–H and O–H groups in total. The SMILES string of the molecule is C=C(C)CN(C)S(=O)(=O)c1ccc(Br)c(N)c1. The zero-order chi connectivity index (χ0) is 13.2. The van der Waals surface area contributed by atoms with Crippen LogP contribution in [-0.4, -0.2) is 26.3 Å². The number of nitrogens with zero attached hydrogens (tertiary/aromatic N) is 1. The number of nitrogen functional groups attached to an aromatic ring is 1. The van der Waals surface area contributed by atoms with Gasteiger partial charge < -0.3 is 5.73 Å². The van der Waals surface area contributed by atoms with Gasteiger partial charge in [-0.3, -0.25) is 0 Å². The van der Waals surface area contributed by atoms with Crippen LogP contribution in [0.5, 0.6) is 0 Å². The molecule has 1 aromatic carbocycles. The van der Waals surface area contributed by atoms with Crippen LogP contribution in [-0.2, 0) is 10.0 Å². The van der Waals surface area contributed by atoms with E-state index < -0.39 is 10.0 Å². The zero-order valence-corrected chi connectivity index (χ0v) is 12.2. The molecule has 6 heteroatoms. The van der Waals surface area contributed by atoms with Crippen molar-refractivity contribution in [1.82, 2.24) is 4.31 Å². The average Bonchev–Trinajstić information content (AvgIpc) is 2.20. The average molecular weight is 319 g/mol. The fraction of sp³-hybridized carbons (Fsp3) is 0.273. The van der Waals surface area contributed by atoms with E-state index in [0.717, 1.165) is 5.57 Å². The van der Waals surface area contributed by atoms with Crippen molar-refractivity contribution in [1.29, 1.82) is 0 Å². The van der Waals surface area contributed by atoms with Gasteiger partial charge >= 0.3 is 0 Å². The smallest absolute Gasteiger partial charge is 0.243 e. The minimum atomic E-state index is -3.50. The number of nitrogens with two attached hydrogens (primary N) is 1. The maximum Gasteiger partial charge on any atom is 0.243 e. The summed E-state index contributed by atoms with van der Waals surface area (Å²) < 4.78 is 26.2. The predicted molar refractivity (Wildman–Crippen MR) is 73.2 cm³/mol. The Morgan fingerprint density at radius 3 is 2.59 bits per heavy atom. The van der Waals surface area contributed by atoms with Crippen LogP contribution in [0.2, 0.25) is 0 Å². The van der Waals surface area contributed by atoms with Crippen molar-refractivity contribution < 1.29 is 8.42 Å². The molecule has 0 saturated carbocycles. The summed E-state index contributed by atoms with van der Waals surface area (Å²) in [6, 6.07) is 4.58. The maximum atomic E-state index is 12.1. The largest absolute Gasteiger partial charge is 0.398 e. The van der Waals surface area contributed by atoms with Gasteiger partial charge in [-0.05, 0) is 41.1 Å². The Balaban J connectivity index is 3.13.